The maximum absolute atomic E-state index is 12.7. The van der Waals surface area contributed by atoms with Crippen molar-refractivity contribution in [2.24, 2.45) is 5.73 Å². The Balaban J connectivity index is 1.98. The summed E-state index contributed by atoms with van der Waals surface area (Å²) in [4.78, 5) is 4.28. The van der Waals surface area contributed by atoms with Crippen molar-refractivity contribution in [1.82, 2.24) is 4.98 Å². The number of aromatic nitrogens is 1. The number of alkyl halides is 3. The zero-order chi connectivity index (χ0) is 14.3. The minimum Gasteiger partial charge on any atom is -0.441 e. The number of rotatable bonds is 1. The maximum Gasteiger partial charge on any atom is 0.416 e. The highest BCUT2D eigenvalue weighted by Crippen LogP contribution is 2.33. The highest BCUT2D eigenvalue weighted by Gasteiger charge is 2.31. The molecule has 106 valence electrons. The van der Waals surface area contributed by atoms with Gasteiger partial charge in [-0.2, -0.15) is 13.2 Å². The molecule has 1 unspecified atom stereocenters. The monoisotopic (exact) mass is 282 g/mol. The van der Waals surface area contributed by atoms with Crippen molar-refractivity contribution in [3.8, 4) is 11.5 Å². The van der Waals surface area contributed by atoms with E-state index in [1.54, 1.807) is 6.07 Å². The lowest BCUT2D eigenvalue weighted by Crippen LogP contribution is -2.27. The van der Waals surface area contributed by atoms with Gasteiger partial charge < -0.3 is 10.2 Å². The first kappa shape index (κ1) is 13.2. The molecule has 0 saturated heterocycles. The Labute approximate surface area is 113 Å². The lowest BCUT2D eigenvalue weighted by Gasteiger charge is -2.14. The van der Waals surface area contributed by atoms with Crippen LogP contribution in [0.1, 0.15) is 23.4 Å². The van der Waals surface area contributed by atoms with Crippen LogP contribution >= 0.6 is 0 Å². The highest BCUT2D eigenvalue weighted by atomic mass is 19.4. The lowest BCUT2D eigenvalue weighted by molar-refractivity contribution is -0.137. The topological polar surface area (TPSA) is 52.0 Å². The van der Waals surface area contributed by atoms with E-state index < -0.39 is 11.7 Å². The quantitative estimate of drug-likeness (QED) is 0.874. The molecule has 1 aromatic heterocycles. The number of hydrogen-bond acceptors (Lipinski definition) is 3. The molecule has 0 bridgehead atoms. The van der Waals surface area contributed by atoms with E-state index in [9.17, 15) is 13.2 Å². The summed E-state index contributed by atoms with van der Waals surface area (Å²) in [7, 11) is 0. The number of fused-ring (bicyclic) bond motifs is 1. The van der Waals surface area contributed by atoms with E-state index >= 15 is 0 Å². The molecule has 0 fully saturated rings. The predicted octanol–water partition coefficient (Wildman–Crippen LogP) is 3.18. The molecule has 0 aliphatic heterocycles. The largest absolute Gasteiger partial charge is 0.441 e. The first-order valence-electron chi connectivity index (χ1n) is 6.35. The third kappa shape index (κ3) is 2.43. The molecule has 0 radical (unpaired) electrons. The van der Waals surface area contributed by atoms with Crippen molar-refractivity contribution >= 4 is 0 Å². The van der Waals surface area contributed by atoms with Crippen molar-refractivity contribution in [2.75, 3.05) is 0 Å². The molecular weight excluding hydrogens is 269 g/mol. The highest BCUT2D eigenvalue weighted by molar-refractivity contribution is 5.55. The van der Waals surface area contributed by atoms with Gasteiger partial charge in [-0.3, -0.25) is 0 Å². The summed E-state index contributed by atoms with van der Waals surface area (Å²) in [6.45, 7) is 0. The maximum atomic E-state index is 12.7. The van der Waals surface area contributed by atoms with Crippen molar-refractivity contribution < 1.29 is 17.6 Å². The smallest absolute Gasteiger partial charge is 0.416 e. The van der Waals surface area contributed by atoms with Gasteiger partial charge in [0.15, 0.2) is 0 Å². The van der Waals surface area contributed by atoms with Crippen LogP contribution in [0, 0.1) is 0 Å². The van der Waals surface area contributed by atoms with Crippen LogP contribution in [-0.4, -0.2) is 11.0 Å². The molecule has 2 N–H and O–H groups in total. The van der Waals surface area contributed by atoms with Crippen LogP contribution < -0.4 is 5.73 Å². The molecule has 1 aliphatic carbocycles. The third-order valence-electron chi connectivity index (χ3n) is 3.41. The predicted molar refractivity (Wildman–Crippen MR) is 66.9 cm³/mol. The Hall–Kier alpha value is -1.82. The van der Waals surface area contributed by atoms with Crippen molar-refractivity contribution in [2.45, 2.75) is 31.5 Å². The molecule has 1 heterocycles. The van der Waals surface area contributed by atoms with Crippen LogP contribution in [0.25, 0.3) is 11.5 Å². The number of halogens is 3. The molecule has 6 heteroatoms. The van der Waals surface area contributed by atoms with Gasteiger partial charge in [0.2, 0.25) is 5.89 Å². The Kier molecular flexibility index (Phi) is 3.05. The third-order valence-corrected chi connectivity index (χ3v) is 3.41. The summed E-state index contributed by atoms with van der Waals surface area (Å²) in [6, 6.07) is 5.04. The summed E-state index contributed by atoms with van der Waals surface area (Å²) in [5.41, 5.74) is 6.24. The van der Waals surface area contributed by atoms with Crippen LogP contribution in [0.4, 0.5) is 13.2 Å². The average Bonchev–Trinajstić information content (AvgIpc) is 2.81. The van der Waals surface area contributed by atoms with Gasteiger partial charge >= 0.3 is 6.18 Å². The van der Waals surface area contributed by atoms with E-state index in [-0.39, 0.29) is 11.9 Å². The number of nitrogens with two attached hydrogens (primary N) is 1. The van der Waals surface area contributed by atoms with Gasteiger partial charge in [0.25, 0.3) is 0 Å². The van der Waals surface area contributed by atoms with E-state index in [2.05, 4.69) is 4.98 Å². The van der Waals surface area contributed by atoms with E-state index in [1.807, 2.05) is 0 Å². The Morgan fingerprint density at radius 1 is 1.30 bits per heavy atom. The normalized spacial score (nSPS) is 18.9. The molecule has 0 saturated carbocycles. The van der Waals surface area contributed by atoms with Crippen molar-refractivity contribution in [3.05, 3.63) is 41.3 Å². The molecule has 1 aromatic carbocycles. The Bertz CT molecular complexity index is 634. The molecular formula is C14H13F3N2O. The molecule has 3 nitrogen and oxygen atoms in total. The van der Waals surface area contributed by atoms with Gasteiger partial charge in [0.1, 0.15) is 5.76 Å². The molecule has 1 aliphatic rings. The first-order valence-corrected chi connectivity index (χ1v) is 6.35. The summed E-state index contributed by atoms with van der Waals surface area (Å²) in [6.07, 6.45) is -2.27. The number of oxazole rings is 1. The second kappa shape index (κ2) is 4.63. The van der Waals surface area contributed by atoms with Crippen LogP contribution in [-0.2, 0) is 19.0 Å². The standard InChI is InChI=1S/C14H13F3N2O/c15-14(16,17)9-3-1-2-8(6-9)13-19-11-7-10(18)4-5-12(11)20-13/h1-3,6,10H,4-5,7,18H2. The van der Waals surface area contributed by atoms with E-state index in [0.29, 0.717) is 18.4 Å². The number of aryl methyl sites for hydroxylation is 1. The fourth-order valence-electron chi connectivity index (χ4n) is 2.36. The molecule has 1 atom stereocenters. The zero-order valence-corrected chi connectivity index (χ0v) is 10.6. The number of nitrogens with zero attached hydrogens (tertiary/aromatic N) is 1. The van der Waals surface area contributed by atoms with Crippen LogP contribution in [0.2, 0.25) is 0 Å². The minimum atomic E-state index is -4.37. The van der Waals surface area contributed by atoms with Gasteiger partial charge in [0.05, 0.1) is 11.3 Å². The molecule has 20 heavy (non-hydrogen) atoms. The van der Waals surface area contributed by atoms with Crippen LogP contribution in [0.15, 0.2) is 28.7 Å². The molecule has 3 rings (SSSR count). The number of hydrogen-bond donors (Lipinski definition) is 1. The fourth-order valence-corrected chi connectivity index (χ4v) is 2.36. The summed E-state index contributed by atoms with van der Waals surface area (Å²) >= 11 is 0. The van der Waals surface area contributed by atoms with Gasteiger partial charge in [-0.05, 0) is 24.6 Å². The SMILES string of the molecule is NC1CCc2oc(-c3cccc(C(F)(F)F)c3)nc2C1. The van der Waals surface area contributed by atoms with Crippen LogP contribution in [0.5, 0.6) is 0 Å². The number of benzene rings is 1. The lowest BCUT2D eigenvalue weighted by atomic mass is 9.98. The van der Waals surface area contributed by atoms with Crippen molar-refractivity contribution in [1.29, 1.82) is 0 Å². The fraction of sp³-hybridized carbons (Fsp3) is 0.357. The summed E-state index contributed by atoms with van der Waals surface area (Å²) in [5.74, 6) is 0.967. The van der Waals surface area contributed by atoms with Gasteiger partial charge in [-0.15, -0.1) is 0 Å². The molecule has 0 spiro atoms. The molecule has 2 aromatic rings. The van der Waals surface area contributed by atoms with E-state index in [1.165, 1.54) is 6.07 Å². The second-order valence-electron chi connectivity index (χ2n) is 4.97. The van der Waals surface area contributed by atoms with Gasteiger partial charge in [-0.1, -0.05) is 6.07 Å². The van der Waals surface area contributed by atoms with E-state index in [0.717, 1.165) is 30.0 Å². The van der Waals surface area contributed by atoms with Crippen LogP contribution in [0.3, 0.4) is 0 Å². The van der Waals surface area contributed by atoms with Crippen molar-refractivity contribution in [3.63, 3.8) is 0 Å². The zero-order valence-electron chi connectivity index (χ0n) is 10.6. The average molecular weight is 282 g/mol. The first-order chi connectivity index (χ1) is 9.43. The van der Waals surface area contributed by atoms with E-state index in [4.69, 9.17) is 10.2 Å². The molecule has 0 amide bonds. The van der Waals surface area contributed by atoms with Gasteiger partial charge in [-0.25, -0.2) is 4.98 Å². The second-order valence-corrected chi connectivity index (χ2v) is 4.97. The van der Waals surface area contributed by atoms with Gasteiger partial charge in [0, 0.05) is 24.4 Å². The Morgan fingerprint density at radius 3 is 2.85 bits per heavy atom. The Morgan fingerprint density at radius 2 is 2.10 bits per heavy atom. The minimum absolute atomic E-state index is 0.0435. The summed E-state index contributed by atoms with van der Waals surface area (Å²) < 4.78 is 43.7. The summed E-state index contributed by atoms with van der Waals surface area (Å²) in [5, 5.41) is 0.